The van der Waals surface area contributed by atoms with Gasteiger partial charge in [0.1, 0.15) is 5.15 Å². The van der Waals surface area contributed by atoms with Crippen molar-refractivity contribution >= 4 is 29.2 Å². The van der Waals surface area contributed by atoms with Crippen LogP contribution in [0.25, 0.3) is 0 Å². The van der Waals surface area contributed by atoms with Crippen LogP contribution in [0, 0.1) is 0 Å². The van der Waals surface area contributed by atoms with Gasteiger partial charge in [0.05, 0.1) is 16.3 Å². The molecule has 1 N–H and O–H groups in total. The molecule has 0 spiro atoms. The van der Waals surface area contributed by atoms with Gasteiger partial charge in [-0.25, -0.2) is 9.78 Å². The van der Waals surface area contributed by atoms with E-state index in [1.165, 1.54) is 12.5 Å². The van der Waals surface area contributed by atoms with Crippen LogP contribution in [-0.4, -0.2) is 16.1 Å². The minimum Gasteiger partial charge on any atom is -0.478 e. The van der Waals surface area contributed by atoms with Crippen molar-refractivity contribution in [2.45, 2.75) is 25.2 Å². The standard InChI is InChI=1S/C10H9Cl2NO2/c11-7-4-6(10(14)15)9(12)13-8(7)5-2-1-3-5/h4-5H,1-3H2,(H,14,15). The molecule has 1 aromatic rings. The third-order valence-electron chi connectivity index (χ3n) is 2.68. The number of nitrogens with zero attached hydrogens (tertiary/aromatic N) is 1. The lowest BCUT2D eigenvalue weighted by Gasteiger charge is -2.25. The first-order valence-electron chi connectivity index (χ1n) is 4.69. The highest BCUT2D eigenvalue weighted by molar-refractivity contribution is 6.34. The Morgan fingerprint density at radius 1 is 1.47 bits per heavy atom. The van der Waals surface area contributed by atoms with E-state index in [1.807, 2.05) is 0 Å². The number of rotatable bonds is 2. The van der Waals surface area contributed by atoms with Crippen molar-refractivity contribution in [1.82, 2.24) is 4.98 Å². The van der Waals surface area contributed by atoms with Gasteiger partial charge in [-0.2, -0.15) is 0 Å². The third kappa shape index (κ3) is 1.94. The first-order chi connectivity index (χ1) is 7.09. The Labute approximate surface area is 97.0 Å². The molecule has 0 unspecified atom stereocenters. The van der Waals surface area contributed by atoms with E-state index in [9.17, 15) is 4.79 Å². The molecule has 15 heavy (non-hydrogen) atoms. The van der Waals surface area contributed by atoms with E-state index in [4.69, 9.17) is 28.3 Å². The highest BCUT2D eigenvalue weighted by atomic mass is 35.5. The summed E-state index contributed by atoms with van der Waals surface area (Å²) in [6, 6.07) is 1.38. The van der Waals surface area contributed by atoms with Gasteiger partial charge < -0.3 is 5.11 Å². The molecule has 0 saturated heterocycles. The monoisotopic (exact) mass is 245 g/mol. The summed E-state index contributed by atoms with van der Waals surface area (Å²) in [7, 11) is 0. The summed E-state index contributed by atoms with van der Waals surface area (Å²) in [4.78, 5) is 14.8. The molecule has 2 rings (SSSR count). The Morgan fingerprint density at radius 3 is 2.60 bits per heavy atom. The Hall–Kier alpha value is -0.800. The summed E-state index contributed by atoms with van der Waals surface area (Å²) in [5.41, 5.74) is 0.697. The zero-order valence-electron chi connectivity index (χ0n) is 7.83. The fourth-order valence-corrected chi connectivity index (χ4v) is 2.13. The quantitative estimate of drug-likeness (QED) is 0.814. The third-order valence-corrected chi connectivity index (χ3v) is 3.27. The molecule has 0 aromatic carbocycles. The van der Waals surface area contributed by atoms with E-state index in [1.54, 1.807) is 0 Å². The molecular formula is C10H9Cl2NO2. The molecule has 0 amide bonds. The lowest BCUT2D eigenvalue weighted by molar-refractivity contribution is 0.0696. The summed E-state index contributed by atoms with van der Waals surface area (Å²) < 4.78 is 0. The zero-order valence-corrected chi connectivity index (χ0v) is 9.35. The Morgan fingerprint density at radius 2 is 2.13 bits per heavy atom. The SMILES string of the molecule is O=C(O)c1cc(Cl)c(C2CCC2)nc1Cl. The Kier molecular flexibility index (Phi) is 2.85. The van der Waals surface area contributed by atoms with Crippen molar-refractivity contribution in [2.75, 3.05) is 0 Å². The van der Waals surface area contributed by atoms with Crippen molar-refractivity contribution in [3.63, 3.8) is 0 Å². The maximum Gasteiger partial charge on any atom is 0.338 e. The summed E-state index contributed by atoms with van der Waals surface area (Å²) >= 11 is 11.7. The molecule has 1 aliphatic carbocycles. The van der Waals surface area contributed by atoms with Crippen molar-refractivity contribution < 1.29 is 9.90 Å². The van der Waals surface area contributed by atoms with Crippen LogP contribution in [0.3, 0.4) is 0 Å². The lowest BCUT2D eigenvalue weighted by Crippen LogP contribution is -2.12. The van der Waals surface area contributed by atoms with E-state index in [2.05, 4.69) is 4.98 Å². The van der Waals surface area contributed by atoms with Gasteiger partial charge in [0, 0.05) is 5.92 Å². The molecule has 0 atom stereocenters. The van der Waals surface area contributed by atoms with Crippen LogP contribution in [0.2, 0.25) is 10.2 Å². The van der Waals surface area contributed by atoms with Crippen molar-refractivity contribution in [3.05, 3.63) is 27.5 Å². The van der Waals surface area contributed by atoms with Crippen LogP contribution in [-0.2, 0) is 0 Å². The van der Waals surface area contributed by atoms with Gasteiger partial charge in [-0.1, -0.05) is 29.6 Å². The Balaban J connectivity index is 2.42. The molecule has 5 heteroatoms. The molecule has 1 aliphatic rings. The number of halogens is 2. The van der Waals surface area contributed by atoms with E-state index in [-0.39, 0.29) is 10.7 Å². The number of aromatic carboxylic acids is 1. The topological polar surface area (TPSA) is 50.2 Å². The zero-order chi connectivity index (χ0) is 11.0. The predicted octanol–water partition coefficient (Wildman–Crippen LogP) is 3.35. The molecule has 3 nitrogen and oxygen atoms in total. The fourth-order valence-electron chi connectivity index (χ4n) is 1.60. The predicted molar refractivity (Wildman–Crippen MR) is 57.8 cm³/mol. The molecule has 0 bridgehead atoms. The number of aromatic nitrogens is 1. The Bertz CT molecular complexity index is 416. The average Bonchev–Trinajstić information content (AvgIpc) is 2.07. The highest BCUT2D eigenvalue weighted by Crippen LogP contribution is 2.39. The van der Waals surface area contributed by atoms with Gasteiger partial charge in [-0.3, -0.25) is 0 Å². The minimum absolute atomic E-state index is 0.0220. The van der Waals surface area contributed by atoms with Gasteiger partial charge in [0.2, 0.25) is 0 Å². The van der Waals surface area contributed by atoms with Gasteiger partial charge in [-0.05, 0) is 18.9 Å². The number of pyridine rings is 1. The van der Waals surface area contributed by atoms with Crippen molar-refractivity contribution in [3.8, 4) is 0 Å². The second-order valence-electron chi connectivity index (χ2n) is 3.63. The molecule has 0 radical (unpaired) electrons. The maximum absolute atomic E-state index is 10.8. The van der Waals surface area contributed by atoms with Crippen molar-refractivity contribution in [2.24, 2.45) is 0 Å². The summed E-state index contributed by atoms with van der Waals surface area (Å²) in [5, 5.41) is 9.23. The highest BCUT2D eigenvalue weighted by Gasteiger charge is 2.25. The molecule has 1 aromatic heterocycles. The van der Waals surface area contributed by atoms with Gasteiger partial charge >= 0.3 is 5.97 Å². The first kappa shape index (κ1) is 10.7. The van der Waals surface area contributed by atoms with E-state index in [0.29, 0.717) is 10.9 Å². The number of hydrogen-bond donors (Lipinski definition) is 1. The normalized spacial score (nSPS) is 16.1. The van der Waals surface area contributed by atoms with Crippen LogP contribution < -0.4 is 0 Å². The van der Waals surface area contributed by atoms with Crippen LogP contribution >= 0.6 is 23.2 Å². The van der Waals surface area contributed by atoms with Crippen LogP contribution in [0.1, 0.15) is 41.2 Å². The first-order valence-corrected chi connectivity index (χ1v) is 5.44. The van der Waals surface area contributed by atoms with E-state index in [0.717, 1.165) is 18.5 Å². The largest absolute Gasteiger partial charge is 0.478 e. The minimum atomic E-state index is -1.10. The number of carboxylic acid groups (broad SMARTS) is 1. The molecule has 1 fully saturated rings. The van der Waals surface area contributed by atoms with Crippen LogP contribution in [0.5, 0.6) is 0 Å². The maximum atomic E-state index is 10.8. The van der Waals surface area contributed by atoms with Gasteiger partial charge in [0.25, 0.3) is 0 Å². The smallest absolute Gasteiger partial charge is 0.338 e. The molecule has 0 aliphatic heterocycles. The second kappa shape index (κ2) is 3.99. The molecule has 1 heterocycles. The summed E-state index contributed by atoms with van der Waals surface area (Å²) in [6.07, 6.45) is 3.27. The molecule has 1 saturated carbocycles. The van der Waals surface area contributed by atoms with E-state index >= 15 is 0 Å². The van der Waals surface area contributed by atoms with Crippen LogP contribution in [0.4, 0.5) is 0 Å². The van der Waals surface area contributed by atoms with Crippen molar-refractivity contribution in [1.29, 1.82) is 0 Å². The van der Waals surface area contributed by atoms with Gasteiger partial charge in [-0.15, -0.1) is 0 Å². The summed E-state index contributed by atoms with van der Waals surface area (Å²) in [6.45, 7) is 0. The molecule has 80 valence electrons. The van der Waals surface area contributed by atoms with E-state index < -0.39 is 5.97 Å². The average molecular weight is 246 g/mol. The number of carboxylic acids is 1. The van der Waals surface area contributed by atoms with Gasteiger partial charge in [0.15, 0.2) is 0 Å². The fraction of sp³-hybridized carbons (Fsp3) is 0.400. The summed E-state index contributed by atoms with van der Waals surface area (Å²) in [5.74, 6) is -0.757. The number of hydrogen-bond acceptors (Lipinski definition) is 2. The van der Waals surface area contributed by atoms with Crippen LogP contribution in [0.15, 0.2) is 6.07 Å². The number of carbonyl (C=O) groups is 1. The second-order valence-corrected chi connectivity index (χ2v) is 4.39. The molecular weight excluding hydrogens is 237 g/mol. The lowest BCUT2D eigenvalue weighted by atomic mass is 9.82.